The molecule has 0 aliphatic heterocycles. The molecule has 0 bridgehead atoms. The number of sulfone groups is 1. The second-order valence-electron chi connectivity index (χ2n) is 4.40. The maximum atomic E-state index is 12.4. The highest BCUT2D eigenvalue weighted by Gasteiger charge is 2.20. The average molecular weight is 288 g/mol. The van der Waals surface area contributed by atoms with Gasteiger partial charge >= 0.3 is 0 Å². The summed E-state index contributed by atoms with van der Waals surface area (Å²) in [6.07, 6.45) is 1.33. The van der Waals surface area contributed by atoms with E-state index >= 15 is 0 Å². The third-order valence-corrected chi connectivity index (χ3v) is 4.52. The standard InChI is InChI=1S/C13H12N4O2S/c1-17-12(14-9-15-17)8-20(18,19)13-7-6-10-4-2-3-5-11(10)16-13/h2-7,9H,8H2,1H3. The van der Waals surface area contributed by atoms with Crippen molar-refractivity contribution in [3.8, 4) is 0 Å². The van der Waals surface area contributed by atoms with Crippen LogP contribution in [0.2, 0.25) is 0 Å². The Balaban J connectivity index is 2.03. The number of hydrogen-bond donors (Lipinski definition) is 0. The summed E-state index contributed by atoms with van der Waals surface area (Å²) in [5, 5.41) is 4.83. The van der Waals surface area contributed by atoms with E-state index in [-0.39, 0.29) is 10.8 Å². The number of aromatic nitrogens is 4. The second-order valence-corrected chi connectivity index (χ2v) is 6.34. The maximum Gasteiger partial charge on any atom is 0.202 e. The molecular weight excluding hydrogens is 276 g/mol. The number of fused-ring (bicyclic) bond motifs is 1. The summed E-state index contributed by atoms with van der Waals surface area (Å²) in [5.74, 6) is 0.175. The molecule has 0 atom stereocenters. The van der Waals surface area contributed by atoms with Crippen molar-refractivity contribution in [2.75, 3.05) is 0 Å². The van der Waals surface area contributed by atoms with E-state index in [0.29, 0.717) is 11.3 Å². The van der Waals surface area contributed by atoms with Gasteiger partial charge in [-0.15, -0.1) is 0 Å². The molecule has 2 aromatic heterocycles. The first-order valence-corrected chi connectivity index (χ1v) is 7.63. The highest BCUT2D eigenvalue weighted by Crippen LogP contribution is 2.17. The molecule has 0 spiro atoms. The van der Waals surface area contributed by atoms with Crippen LogP contribution >= 0.6 is 0 Å². The second kappa shape index (κ2) is 4.68. The average Bonchev–Trinajstić information content (AvgIpc) is 2.83. The topological polar surface area (TPSA) is 77.7 Å². The summed E-state index contributed by atoms with van der Waals surface area (Å²) in [6, 6.07) is 10.7. The Kier molecular flexibility index (Phi) is 2.98. The minimum atomic E-state index is -3.53. The molecule has 6 nitrogen and oxygen atoms in total. The Bertz CT molecular complexity index is 871. The van der Waals surface area contributed by atoms with Gasteiger partial charge in [0.25, 0.3) is 0 Å². The molecular formula is C13H12N4O2S. The quantitative estimate of drug-likeness (QED) is 0.726. The monoisotopic (exact) mass is 288 g/mol. The third-order valence-electron chi connectivity index (χ3n) is 3.02. The van der Waals surface area contributed by atoms with E-state index in [1.165, 1.54) is 17.1 Å². The Morgan fingerprint density at radius 3 is 2.70 bits per heavy atom. The number of aryl methyl sites for hydroxylation is 1. The van der Waals surface area contributed by atoms with Crippen LogP contribution in [0.5, 0.6) is 0 Å². The van der Waals surface area contributed by atoms with Crippen LogP contribution in [0.3, 0.4) is 0 Å². The van der Waals surface area contributed by atoms with Crippen molar-refractivity contribution in [2.45, 2.75) is 10.8 Å². The normalized spacial score (nSPS) is 11.8. The van der Waals surface area contributed by atoms with E-state index in [4.69, 9.17) is 0 Å². The number of benzene rings is 1. The van der Waals surface area contributed by atoms with Crippen molar-refractivity contribution >= 4 is 20.7 Å². The molecule has 0 N–H and O–H groups in total. The highest BCUT2D eigenvalue weighted by atomic mass is 32.2. The maximum absolute atomic E-state index is 12.4. The number of pyridine rings is 1. The largest absolute Gasteiger partial charge is 0.252 e. The first kappa shape index (κ1) is 12.7. The molecule has 3 aromatic rings. The summed E-state index contributed by atoms with van der Waals surface area (Å²) >= 11 is 0. The van der Waals surface area contributed by atoms with Gasteiger partial charge in [-0.05, 0) is 18.2 Å². The Labute approximate surface area is 116 Å². The lowest BCUT2D eigenvalue weighted by Crippen LogP contribution is -2.11. The minimum absolute atomic E-state index is 0.0548. The molecule has 0 amide bonds. The molecule has 102 valence electrons. The van der Waals surface area contributed by atoms with Crippen molar-refractivity contribution in [1.29, 1.82) is 0 Å². The van der Waals surface area contributed by atoms with Gasteiger partial charge in [0.15, 0.2) is 5.03 Å². The van der Waals surface area contributed by atoms with E-state index in [1.54, 1.807) is 19.2 Å². The van der Waals surface area contributed by atoms with Crippen molar-refractivity contribution < 1.29 is 8.42 Å². The van der Waals surface area contributed by atoms with Crippen LogP contribution in [-0.2, 0) is 22.6 Å². The number of rotatable bonds is 3. The zero-order valence-corrected chi connectivity index (χ0v) is 11.6. The van der Waals surface area contributed by atoms with E-state index < -0.39 is 9.84 Å². The van der Waals surface area contributed by atoms with Gasteiger partial charge in [0.05, 0.1) is 5.52 Å². The summed E-state index contributed by atoms with van der Waals surface area (Å²) in [7, 11) is -1.87. The number of nitrogens with zero attached hydrogens (tertiary/aromatic N) is 4. The summed E-state index contributed by atoms with van der Waals surface area (Å²) in [5.41, 5.74) is 0.659. The van der Waals surface area contributed by atoms with E-state index in [2.05, 4.69) is 15.1 Å². The van der Waals surface area contributed by atoms with E-state index in [1.807, 2.05) is 18.2 Å². The third kappa shape index (κ3) is 2.27. The van der Waals surface area contributed by atoms with Crippen LogP contribution in [0.15, 0.2) is 47.8 Å². The molecule has 0 saturated heterocycles. The SMILES string of the molecule is Cn1ncnc1CS(=O)(=O)c1ccc2ccccc2n1. The highest BCUT2D eigenvalue weighted by molar-refractivity contribution is 7.90. The lowest BCUT2D eigenvalue weighted by Gasteiger charge is -2.04. The molecule has 0 aliphatic carbocycles. The summed E-state index contributed by atoms with van der Waals surface area (Å²) in [6.45, 7) is 0. The van der Waals surface area contributed by atoms with Crippen LogP contribution in [-0.4, -0.2) is 28.2 Å². The zero-order chi connectivity index (χ0) is 14.2. The van der Waals surface area contributed by atoms with Crippen molar-refractivity contribution in [3.63, 3.8) is 0 Å². The first-order chi connectivity index (χ1) is 9.56. The van der Waals surface area contributed by atoms with Crippen LogP contribution < -0.4 is 0 Å². The summed E-state index contributed by atoms with van der Waals surface area (Å²) < 4.78 is 26.1. The minimum Gasteiger partial charge on any atom is -0.252 e. The van der Waals surface area contributed by atoms with Crippen LogP contribution in [0.1, 0.15) is 5.82 Å². The predicted molar refractivity (Wildman–Crippen MR) is 73.6 cm³/mol. The zero-order valence-electron chi connectivity index (χ0n) is 10.8. The predicted octanol–water partition coefficient (Wildman–Crippen LogP) is 1.34. The molecule has 3 rings (SSSR count). The fraction of sp³-hybridized carbons (Fsp3) is 0.154. The molecule has 2 heterocycles. The summed E-state index contributed by atoms with van der Waals surface area (Å²) in [4.78, 5) is 8.15. The van der Waals surface area contributed by atoms with Crippen LogP contribution in [0, 0.1) is 0 Å². The van der Waals surface area contributed by atoms with Crippen molar-refractivity contribution in [2.24, 2.45) is 7.05 Å². The molecule has 0 aliphatic rings. The Morgan fingerprint density at radius 2 is 1.95 bits per heavy atom. The number of hydrogen-bond acceptors (Lipinski definition) is 5. The lowest BCUT2D eigenvalue weighted by molar-refractivity contribution is 0.587. The first-order valence-electron chi connectivity index (χ1n) is 5.98. The molecule has 7 heteroatoms. The smallest absolute Gasteiger partial charge is 0.202 e. The van der Waals surface area contributed by atoms with Crippen LogP contribution in [0.25, 0.3) is 10.9 Å². The molecule has 20 heavy (non-hydrogen) atoms. The van der Waals surface area contributed by atoms with Gasteiger partial charge in [-0.2, -0.15) is 5.10 Å². The molecule has 0 fully saturated rings. The lowest BCUT2D eigenvalue weighted by atomic mass is 10.2. The fourth-order valence-corrected chi connectivity index (χ4v) is 3.18. The van der Waals surface area contributed by atoms with Crippen molar-refractivity contribution in [3.05, 3.63) is 48.5 Å². The van der Waals surface area contributed by atoms with Gasteiger partial charge in [-0.1, -0.05) is 18.2 Å². The van der Waals surface area contributed by atoms with E-state index in [0.717, 1.165) is 5.39 Å². The Morgan fingerprint density at radius 1 is 1.15 bits per heavy atom. The van der Waals surface area contributed by atoms with Crippen LogP contribution in [0.4, 0.5) is 0 Å². The molecule has 0 radical (unpaired) electrons. The van der Waals surface area contributed by atoms with Gasteiger partial charge in [-0.25, -0.2) is 18.4 Å². The van der Waals surface area contributed by atoms with Gasteiger partial charge in [0, 0.05) is 12.4 Å². The molecule has 0 unspecified atom stereocenters. The fourth-order valence-electron chi connectivity index (χ4n) is 1.92. The van der Waals surface area contributed by atoms with Gasteiger partial charge in [-0.3, -0.25) is 4.68 Å². The molecule has 1 aromatic carbocycles. The van der Waals surface area contributed by atoms with E-state index in [9.17, 15) is 8.42 Å². The number of para-hydroxylation sites is 1. The molecule has 0 saturated carbocycles. The van der Waals surface area contributed by atoms with Crippen molar-refractivity contribution in [1.82, 2.24) is 19.7 Å². The van der Waals surface area contributed by atoms with Gasteiger partial charge in [0.2, 0.25) is 9.84 Å². The van der Waals surface area contributed by atoms with Gasteiger partial charge in [0.1, 0.15) is 17.9 Å². The van der Waals surface area contributed by atoms with Gasteiger partial charge < -0.3 is 0 Å². The Hall–Kier alpha value is -2.28.